The molecule has 1 amide bonds. The molecule has 1 N–H and O–H groups in total. The molecule has 5 heteroatoms. The zero-order valence-electron chi connectivity index (χ0n) is 17.2. The number of anilines is 1. The van der Waals surface area contributed by atoms with Crippen molar-refractivity contribution in [1.82, 2.24) is 4.57 Å². The number of aromatic nitrogens is 1. The zero-order valence-corrected chi connectivity index (χ0v) is 17.2. The number of amides is 1. The number of ether oxygens (including phenoxy) is 1. The van der Waals surface area contributed by atoms with Crippen LogP contribution < -0.4 is 10.1 Å². The summed E-state index contributed by atoms with van der Waals surface area (Å²) in [5.74, 6) is 0.882. The summed E-state index contributed by atoms with van der Waals surface area (Å²) in [5.41, 5.74) is 4.34. The van der Waals surface area contributed by atoms with Gasteiger partial charge >= 0.3 is 0 Å². The third kappa shape index (κ3) is 5.46. The molecular formula is C22H30N2O3. The Bertz CT molecular complexity index is 834. The van der Waals surface area contributed by atoms with E-state index in [0.717, 1.165) is 29.9 Å². The molecule has 0 saturated carbocycles. The average Bonchev–Trinajstić information content (AvgIpc) is 2.86. The summed E-state index contributed by atoms with van der Waals surface area (Å²) >= 11 is 0. The van der Waals surface area contributed by atoms with Crippen LogP contribution in [-0.4, -0.2) is 22.9 Å². The van der Waals surface area contributed by atoms with Gasteiger partial charge in [-0.25, -0.2) is 0 Å². The Balaban J connectivity index is 2.14. The van der Waals surface area contributed by atoms with Gasteiger partial charge in [0.1, 0.15) is 5.75 Å². The van der Waals surface area contributed by atoms with E-state index in [9.17, 15) is 9.59 Å². The largest absolute Gasteiger partial charge is 0.483 e. The van der Waals surface area contributed by atoms with E-state index in [4.69, 9.17) is 4.74 Å². The molecule has 2 aromatic rings. The van der Waals surface area contributed by atoms with E-state index in [1.165, 1.54) is 6.92 Å². The van der Waals surface area contributed by atoms with Gasteiger partial charge in [-0.05, 0) is 56.9 Å². The van der Waals surface area contributed by atoms with E-state index in [1.54, 1.807) is 6.07 Å². The fourth-order valence-electron chi connectivity index (χ4n) is 3.08. The lowest BCUT2D eigenvalue weighted by molar-refractivity contribution is -0.114. The highest BCUT2D eigenvalue weighted by Gasteiger charge is 2.17. The SMILES string of the molecule is CC(=O)Nc1ccc(C)cc1OCC(=O)c1cc(C)n(CCC(C)C)c1C. The van der Waals surface area contributed by atoms with Gasteiger partial charge in [-0.1, -0.05) is 19.9 Å². The fraction of sp³-hybridized carbons (Fsp3) is 0.455. The first kappa shape index (κ1) is 20.7. The van der Waals surface area contributed by atoms with Gasteiger partial charge in [0.25, 0.3) is 0 Å². The van der Waals surface area contributed by atoms with Crippen LogP contribution in [0.2, 0.25) is 0 Å². The number of carbonyl (C=O) groups is 2. The second kappa shape index (κ2) is 8.89. The third-order valence-corrected chi connectivity index (χ3v) is 4.61. The van der Waals surface area contributed by atoms with Crippen LogP contribution in [0.25, 0.3) is 0 Å². The molecule has 0 fully saturated rings. The van der Waals surface area contributed by atoms with E-state index >= 15 is 0 Å². The molecule has 0 aliphatic carbocycles. The number of hydrogen-bond donors (Lipinski definition) is 1. The molecule has 146 valence electrons. The van der Waals surface area contributed by atoms with Crippen LogP contribution in [0, 0.1) is 26.7 Å². The van der Waals surface area contributed by atoms with Crippen LogP contribution in [0.4, 0.5) is 5.69 Å². The molecule has 0 atom stereocenters. The Morgan fingerprint density at radius 1 is 1.15 bits per heavy atom. The Labute approximate surface area is 161 Å². The maximum absolute atomic E-state index is 12.7. The quantitative estimate of drug-likeness (QED) is 0.686. The van der Waals surface area contributed by atoms with Gasteiger partial charge in [-0.2, -0.15) is 0 Å². The van der Waals surface area contributed by atoms with Gasteiger partial charge in [0, 0.05) is 30.4 Å². The molecule has 1 aromatic carbocycles. The van der Waals surface area contributed by atoms with Crippen LogP contribution >= 0.6 is 0 Å². The van der Waals surface area contributed by atoms with Crippen molar-refractivity contribution in [3.05, 3.63) is 46.8 Å². The molecule has 0 bridgehead atoms. The molecular weight excluding hydrogens is 340 g/mol. The number of hydrogen-bond acceptors (Lipinski definition) is 3. The molecule has 1 heterocycles. The molecule has 27 heavy (non-hydrogen) atoms. The highest BCUT2D eigenvalue weighted by Crippen LogP contribution is 2.26. The number of benzene rings is 1. The van der Waals surface area contributed by atoms with Gasteiger partial charge in [-0.3, -0.25) is 9.59 Å². The number of nitrogens with zero attached hydrogens (tertiary/aromatic N) is 1. The lowest BCUT2D eigenvalue weighted by atomic mass is 10.1. The number of rotatable bonds is 8. The van der Waals surface area contributed by atoms with E-state index in [1.807, 2.05) is 39.0 Å². The number of aryl methyl sites for hydroxylation is 2. The van der Waals surface area contributed by atoms with Crippen molar-refractivity contribution in [2.75, 3.05) is 11.9 Å². The Morgan fingerprint density at radius 2 is 1.85 bits per heavy atom. The Hall–Kier alpha value is -2.56. The highest BCUT2D eigenvalue weighted by molar-refractivity contribution is 5.99. The monoisotopic (exact) mass is 370 g/mol. The Kier molecular flexibility index (Phi) is 6.83. The summed E-state index contributed by atoms with van der Waals surface area (Å²) in [6, 6.07) is 7.44. The van der Waals surface area contributed by atoms with E-state index in [-0.39, 0.29) is 18.3 Å². The second-order valence-corrected chi connectivity index (χ2v) is 7.51. The first-order chi connectivity index (χ1) is 12.7. The minimum Gasteiger partial charge on any atom is -0.483 e. The standard InChI is InChI=1S/C22H30N2O3/c1-14(2)9-10-24-16(4)12-19(17(24)5)21(26)13-27-22-11-15(3)7-8-20(22)23-18(6)25/h7-8,11-12,14H,9-10,13H2,1-6H3,(H,23,25). The summed E-state index contributed by atoms with van der Waals surface area (Å²) < 4.78 is 7.96. The van der Waals surface area contributed by atoms with Gasteiger partial charge in [0.15, 0.2) is 6.61 Å². The highest BCUT2D eigenvalue weighted by atomic mass is 16.5. The fourth-order valence-corrected chi connectivity index (χ4v) is 3.08. The van der Waals surface area contributed by atoms with Crippen LogP contribution in [0.5, 0.6) is 5.75 Å². The van der Waals surface area contributed by atoms with E-state index < -0.39 is 0 Å². The number of nitrogens with one attached hydrogen (secondary N) is 1. The molecule has 0 aliphatic rings. The van der Waals surface area contributed by atoms with Crippen molar-refractivity contribution in [2.24, 2.45) is 5.92 Å². The van der Waals surface area contributed by atoms with Gasteiger partial charge in [0.05, 0.1) is 5.69 Å². The minimum absolute atomic E-state index is 0.0609. The predicted molar refractivity (Wildman–Crippen MR) is 109 cm³/mol. The summed E-state index contributed by atoms with van der Waals surface area (Å²) in [7, 11) is 0. The normalized spacial score (nSPS) is 10.9. The molecule has 1 aromatic heterocycles. The van der Waals surface area contributed by atoms with E-state index in [2.05, 4.69) is 23.7 Å². The van der Waals surface area contributed by atoms with Crippen molar-refractivity contribution in [2.45, 2.75) is 54.5 Å². The van der Waals surface area contributed by atoms with Crippen molar-refractivity contribution >= 4 is 17.4 Å². The molecule has 0 aliphatic heterocycles. The topological polar surface area (TPSA) is 60.3 Å². The molecule has 0 spiro atoms. The minimum atomic E-state index is -0.177. The summed E-state index contributed by atoms with van der Waals surface area (Å²) in [5, 5.41) is 2.74. The van der Waals surface area contributed by atoms with Crippen molar-refractivity contribution in [1.29, 1.82) is 0 Å². The summed E-state index contributed by atoms with van der Waals surface area (Å²) in [6.45, 7) is 12.6. The van der Waals surface area contributed by atoms with Crippen molar-refractivity contribution < 1.29 is 14.3 Å². The first-order valence-corrected chi connectivity index (χ1v) is 9.40. The maximum Gasteiger partial charge on any atom is 0.221 e. The Morgan fingerprint density at radius 3 is 2.48 bits per heavy atom. The third-order valence-electron chi connectivity index (χ3n) is 4.61. The van der Waals surface area contributed by atoms with Gasteiger partial charge < -0.3 is 14.6 Å². The lowest BCUT2D eigenvalue weighted by Gasteiger charge is -2.13. The number of carbonyl (C=O) groups excluding carboxylic acids is 2. The van der Waals surface area contributed by atoms with Crippen LogP contribution in [-0.2, 0) is 11.3 Å². The molecule has 2 rings (SSSR count). The lowest BCUT2D eigenvalue weighted by Crippen LogP contribution is -2.15. The smallest absolute Gasteiger partial charge is 0.221 e. The second-order valence-electron chi connectivity index (χ2n) is 7.51. The molecule has 5 nitrogen and oxygen atoms in total. The summed E-state index contributed by atoms with van der Waals surface area (Å²) in [4.78, 5) is 24.1. The van der Waals surface area contributed by atoms with E-state index in [0.29, 0.717) is 22.9 Å². The van der Waals surface area contributed by atoms with Gasteiger partial charge in [0.2, 0.25) is 11.7 Å². The zero-order chi connectivity index (χ0) is 20.1. The van der Waals surface area contributed by atoms with Crippen LogP contribution in [0.15, 0.2) is 24.3 Å². The number of ketones is 1. The van der Waals surface area contributed by atoms with Crippen molar-refractivity contribution in [3.8, 4) is 5.75 Å². The van der Waals surface area contributed by atoms with Crippen LogP contribution in [0.1, 0.15) is 54.5 Å². The van der Waals surface area contributed by atoms with Crippen LogP contribution in [0.3, 0.4) is 0 Å². The summed E-state index contributed by atoms with van der Waals surface area (Å²) in [6.07, 6.45) is 1.07. The van der Waals surface area contributed by atoms with Crippen molar-refractivity contribution in [3.63, 3.8) is 0 Å². The van der Waals surface area contributed by atoms with Gasteiger partial charge in [-0.15, -0.1) is 0 Å². The molecule has 0 saturated heterocycles. The first-order valence-electron chi connectivity index (χ1n) is 9.40. The maximum atomic E-state index is 12.7. The average molecular weight is 370 g/mol. The molecule has 0 radical (unpaired) electrons. The molecule has 0 unspecified atom stereocenters. The predicted octanol–water partition coefficient (Wildman–Crippen LogP) is 4.68. The number of Topliss-reactive ketones (excluding diaryl/α,β-unsaturated/α-hetero) is 1.